The molecular weight excluding hydrogens is 728 g/mol. The molecule has 3 aliphatic rings. The summed E-state index contributed by atoms with van der Waals surface area (Å²) >= 11 is 0. The number of carbonyl (C=O) groups excluding carboxylic acids is 2. The molecule has 2 aliphatic carbocycles. The van der Waals surface area contributed by atoms with Crippen molar-refractivity contribution in [2.24, 2.45) is 22.7 Å². The fourth-order valence-electron chi connectivity index (χ4n) is 7.80. The van der Waals surface area contributed by atoms with Gasteiger partial charge >= 0.3 is 6.09 Å². The monoisotopic (exact) mass is 800 g/mol. The Labute approximate surface area is 323 Å². The standard InChI is InChI=1S/C40H73FN2O7SSi2/c1-36(2,3)50-35(45)42-32(21-17-19-25-49-53(14,15)38(7,8)9)31(41)26-29(20-16-18-24-48-52(12,13)37(4,5)6)34(44)43-33-27-30-22-23-40(33,39(30,10)11)28-51(43,46)47/h16,18,26,29-30,32-33H,17,19-25,27-28H2,1-15H3,(H,42,45)/b18-16+,31-26-/t29-,30-,32+,33-,40-/m1/s1. The smallest absolute Gasteiger partial charge is 0.408 e. The summed E-state index contributed by atoms with van der Waals surface area (Å²) in [5, 5.41) is 2.78. The molecule has 53 heavy (non-hydrogen) atoms. The van der Waals surface area contributed by atoms with Crippen LogP contribution in [0.5, 0.6) is 0 Å². The van der Waals surface area contributed by atoms with E-state index in [1.807, 2.05) is 6.08 Å². The number of nitrogens with zero attached hydrogens (tertiary/aromatic N) is 1. The van der Waals surface area contributed by atoms with E-state index in [0.717, 1.165) is 17.1 Å². The summed E-state index contributed by atoms with van der Waals surface area (Å²) in [6, 6.07) is -1.50. The fraction of sp³-hybridized carbons (Fsp3) is 0.850. The number of fused-ring (bicyclic) bond motifs is 1. The highest BCUT2D eigenvalue weighted by atomic mass is 32.2. The average molecular weight is 801 g/mol. The molecule has 1 spiro atoms. The molecule has 13 heteroatoms. The van der Waals surface area contributed by atoms with Crippen LogP contribution in [0, 0.1) is 22.7 Å². The lowest BCUT2D eigenvalue weighted by molar-refractivity contribution is -0.131. The molecule has 0 aromatic rings. The highest BCUT2D eigenvalue weighted by Crippen LogP contribution is 2.70. The number of unbranched alkanes of at least 4 members (excludes halogenated alkanes) is 1. The highest BCUT2D eigenvalue weighted by Gasteiger charge is 2.72. The first-order valence-electron chi connectivity index (χ1n) is 19.7. The second-order valence-electron chi connectivity index (χ2n) is 20.5. The van der Waals surface area contributed by atoms with Gasteiger partial charge in [0, 0.05) is 12.0 Å². The normalized spacial score (nSPS) is 25.8. The van der Waals surface area contributed by atoms with E-state index in [1.54, 1.807) is 26.8 Å². The molecule has 1 heterocycles. The second kappa shape index (κ2) is 16.1. The fourth-order valence-corrected chi connectivity index (χ4v) is 12.4. The summed E-state index contributed by atoms with van der Waals surface area (Å²) in [5.74, 6) is -2.13. The number of rotatable bonds is 15. The van der Waals surface area contributed by atoms with Crippen LogP contribution in [-0.2, 0) is 28.4 Å². The lowest BCUT2D eigenvalue weighted by Gasteiger charge is -2.37. The van der Waals surface area contributed by atoms with Gasteiger partial charge in [0.05, 0.1) is 30.4 Å². The molecule has 0 radical (unpaired) electrons. The van der Waals surface area contributed by atoms with Gasteiger partial charge in [-0.05, 0) is 119 Å². The average Bonchev–Trinajstić information content (AvgIpc) is 3.45. The first kappa shape index (κ1) is 45.8. The molecule has 1 saturated heterocycles. The van der Waals surface area contributed by atoms with Crippen LogP contribution in [0.4, 0.5) is 9.18 Å². The quantitative estimate of drug-likeness (QED) is 0.0998. The lowest BCUT2D eigenvalue weighted by atomic mass is 9.69. The molecule has 0 aromatic heterocycles. The number of allylic oxidation sites excluding steroid dienone is 1. The lowest BCUT2D eigenvalue weighted by Crippen LogP contribution is -2.46. The molecule has 3 fully saturated rings. The van der Waals surface area contributed by atoms with Gasteiger partial charge in [0.2, 0.25) is 15.9 Å². The zero-order valence-corrected chi connectivity index (χ0v) is 38.5. The molecule has 9 nitrogen and oxygen atoms in total. The van der Waals surface area contributed by atoms with E-state index >= 15 is 4.39 Å². The molecule has 1 N–H and O–H groups in total. The van der Waals surface area contributed by atoms with Gasteiger partial charge in [-0.3, -0.25) is 4.79 Å². The van der Waals surface area contributed by atoms with E-state index in [-0.39, 0.29) is 34.1 Å². The Morgan fingerprint density at radius 3 is 2.08 bits per heavy atom. The van der Waals surface area contributed by atoms with E-state index in [0.29, 0.717) is 38.4 Å². The Morgan fingerprint density at radius 2 is 1.53 bits per heavy atom. The predicted molar refractivity (Wildman–Crippen MR) is 218 cm³/mol. The number of ether oxygens (including phenoxy) is 1. The van der Waals surface area contributed by atoms with E-state index in [4.69, 9.17) is 13.6 Å². The molecule has 2 bridgehead atoms. The zero-order chi connectivity index (χ0) is 40.6. The maximum Gasteiger partial charge on any atom is 0.408 e. The van der Waals surface area contributed by atoms with Crippen molar-refractivity contribution in [2.75, 3.05) is 19.0 Å². The van der Waals surface area contributed by atoms with Gasteiger partial charge in [-0.2, -0.15) is 0 Å². The van der Waals surface area contributed by atoms with Crippen molar-refractivity contribution in [1.82, 2.24) is 9.62 Å². The topological polar surface area (TPSA) is 111 Å². The maximum atomic E-state index is 16.6. The van der Waals surface area contributed by atoms with Gasteiger partial charge < -0.3 is 18.9 Å². The van der Waals surface area contributed by atoms with Crippen LogP contribution in [-0.4, -0.2) is 78.0 Å². The first-order valence-corrected chi connectivity index (χ1v) is 27.2. The Kier molecular flexibility index (Phi) is 14.0. The number of nitrogens with one attached hydrogen (secondary N) is 1. The van der Waals surface area contributed by atoms with Gasteiger partial charge in [0.1, 0.15) is 11.4 Å². The van der Waals surface area contributed by atoms with Crippen LogP contribution < -0.4 is 5.32 Å². The van der Waals surface area contributed by atoms with Crippen LogP contribution in [0.3, 0.4) is 0 Å². The van der Waals surface area contributed by atoms with E-state index in [1.165, 1.54) is 6.08 Å². The van der Waals surface area contributed by atoms with Crippen molar-refractivity contribution < 1.29 is 36.0 Å². The molecule has 1 aliphatic heterocycles. The minimum absolute atomic E-state index is 0.0206. The van der Waals surface area contributed by atoms with Gasteiger partial charge in [-0.25, -0.2) is 21.9 Å². The largest absolute Gasteiger partial charge is 0.444 e. The third kappa shape index (κ3) is 10.5. The summed E-state index contributed by atoms with van der Waals surface area (Å²) < 4.78 is 63.6. The minimum Gasteiger partial charge on any atom is -0.444 e. The summed E-state index contributed by atoms with van der Waals surface area (Å²) in [5.41, 5.74) is -1.51. The first-order chi connectivity index (χ1) is 23.9. The van der Waals surface area contributed by atoms with Crippen molar-refractivity contribution >= 4 is 38.7 Å². The predicted octanol–water partition coefficient (Wildman–Crippen LogP) is 9.88. The number of hydrogen-bond acceptors (Lipinski definition) is 7. The Bertz CT molecular complexity index is 1490. The van der Waals surface area contributed by atoms with E-state index in [9.17, 15) is 18.0 Å². The van der Waals surface area contributed by atoms with Gasteiger partial charge in [0.25, 0.3) is 0 Å². The minimum atomic E-state index is -3.93. The van der Waals surface area contributed by atoms with Crippen molar-refractivity contribution in [3.63, 3.8) is 0 Å². The van der Waals surface area contributed by atoms with Crippen LogP contribution in [0.2, 0.25) is 36.3 Å². The number of sulfonamides is 1. The number of amides is 2. The van der Waals surface area contributed by atoms with Crippen LogP contribution in [0.15, 0.2) is 24.1 Å². The third-order valence-electron chi connectivity index (χ3n) is 13.4. The van der Waals surface area contributed by atoms with E-state index < -0.39 is 73.5 Å². The van der Waals surface area contributed by atoms with Crippen molar-refractivity contribution in [1.29, 1.82) is 0 Å². The van der Waals surface area contributed by atoms with Gasteiger partial charge in [-0.15, -0.1) is 0 Å². The van der Waals surface area contributed by atoms with Gasteiger partial charge in [-0.1, -0.05) is 67.5 Å². The molecule has 0 aromatic carbocycles. The Morgan fingerprint density at radius 1 is 0.943 bits per heavy atom. The summed E-state index contributed by atoms with van der Waals surface area (Å²) in [6.07, 6.45) is 8.01. The maximum absolute atomic E-state index is 16.6. The molecule has 0 unspecified atom stereocenters. The highest BCUT2D eigenvalue weighted by molar-refractivity contribution is 7.90. The third-order valence-corrected chi connectivity index (χ3v) is 24.3. The number of alkyl carbamates (subject to hydrolysis) is 1. The molecule has 2 amide bonds. The zero-order valence-electron chi connectivity index (χ0n) is 35.7. The number of hydrogen-bond donors (Lipinski definition) is 1. The molecule has 2 saturated carbocycles. The molecular formula is C40H73FN2O7SSi2. The van der Waals surface area contributed by atoms with Gasteiger partial charge in [0.15, 0.2) is 16.6 Å². The number of halogens is 1. The second-order valence-corrected chi connectivity index (χ2v) is 32.0. The molecule has 5 atom stereocenters. The summed E-state index contributed by atoms with van der Waals surface area (Å²) in [7, 11) is -7.92. The van der Waals surface area contributed by atoms with Crippen LogP contribution in [0.25, 0.3) is 0 Å². The summed E-state index contributed by atoms with van der Waals surface area (Å²) in [6.45, 7) is 32.1. The van der Waals surface area contributed by atoms with Crippen LogP contribution in [0.1, 0.15) is 121 Å². The van der Waals surface area contributed by atoms with Crippen molar-refractivity contribution in [3.05, 3.63) is 24.1 Å². The number of carbonyl (C=O) groups is 2. The van der Waals surface area contributed by atoms with Crippen LogP contribution >= 0.6 is 0 Å². The molecule has 3 rings (SSSR count). The Hall–Kier alpha value is -1.55. The van der Waals surface area contributed by atoms with Crippen molar-refractivity contribution in [3.8, 4) is 0 Å². The summed E-state index contributed by atoms with van der Waals surface area (Å²) in [4.78, 5) is 27.5. The molecule has 306 valence electrons. The van der Waals surface area contributed by atoms with E-state index in [2.05, 4.69) is 86.9 Å². The SMILES string of the molecule is CC(C)(C)OC(=O)N[C@@H](CCCCO[Si](C)(C)C(C)(C)C)/C(F)=C/[C@@H](C/C=C/CO[Si](C)(C)C(C)(C)C)C(=O)N1[C@@H]2C[C@H]3CC[C@]2(CS1(=O)=O)C3(C)C. The van der Waals surface area contributed by atoms with Crippen molar-refractivity contribution in [2.45, 2.75) is 175 Å². The Balaban J connectivity index is 1.92.